The molecule has 2 amide bonds. The van der Waals surface area contributed by atoms with E-state index in [0.29, 0.717) is 36.7 Å². The highest BCUT2D eigenvalue weighted by atomic mass is 16.5. The fourth-order valence-electron chi connectivity index (χ4n) is 3.69. The Hall–Kier alpha value is -4.27. The first kappa shape index (κ1) is 22.9. The van der Waals surface area contributed by atoms with Gasteiger partial charge in [0.25, 0.3) is 11.8 Å². The van der Waals surface area contributed by atoms with Crippen LogP contribution in [0.3, 0.4) is 0 Å². The first-order valence-electron chi connectivity index (χ1n) is 10.6. The van der Waals surface area contributed by atoms with Crippen LogP contribution >= 0.6 is 0 Å². The maximum atomic E-state index is 12.6. The molecule has 1 aliphatic rings. The molecule has 1 aromatic heterocycles. The molecule has 0 radical (unpaired) electrons. The molecule has 4 rings (SSSR count). The maximum Gasteiger partial charge on any atom is 0.338 e. The van der Waals surface area contributed by atoms with Crippen molar-refractivity contribution in [1.29, 1.82) is 0 Å². The predicted octanol–water partition coefficient (Wildman–Crippen LogP) is 3.29. The average molecular weight is 464 g/mol. The molecule has 2 heterocycles. The normalized spacial score (nSPS) is 12.5. The van der Waals surface area contributed by atoms with E-state index < -0.39 is 11.9 Å². The topological polar surface area (TPSA) is 107 Å². The number of fused-ring (bicyclic) bond motifs is 1. The number of rotatable bonds is 7. The van der Waals surface area contributed by atoms with E-state index in [4.69, 9.17) is 18.6 Å². The monoisotopic (exact) mass is 464 g/mol. The molecule has 0 saturated carbocycles. The molecule has 9 nitrogen and oxygen atoms in total. The Morgan fingerprint density at radius 1 is 1.00 bits per heavy atom. The van der Waals surface area contributed by atoms with Gasteiger partial charge in [0, 0.05) is 18.8 Å². The largest absolute Gasteiger partial charge is 0.493 e. The van der Waals surface area contributed by atoms with Crippen LogP contribution < -0.4 is 14.8 Å². The molecule has 9 heteroatoms. The molecule has 0 spiro atoms. The van der Waals surface area contributed by atoms with Gasteiger partial charge in [0.15, 0.2) is 23.9 Å². The summed E-state index contributed by atoms with van der Waals surface area (Å²) in [6, 6.07) is 13.1. The number of ether oxygens (including phenoxy) is 3. The fraction of sp³-hybridized carbons (Fsp3) is 0.240. The van der Waals surface area contributed by atoms with Gasteiger partial charge in [-0.05, 0) is 66.1 Å². The summed E-state index contributed by atoms with van der Waals surface area (Å²) in [7, 11) is 3.15. The maximum absolute atomic E-state index is 12.6. The second kappa shape index (κ2) is 10.1. The number of carbonyl (C=O) groups excluding carboxylic acids is 3. The van der Waals surface area contributed by atoms with Gasteiger partial charge in [0.1, 0.15) is 0 Å². The minimum atomic E-state index is -0.624. The molecule has 1 aliphatic heterocycles. The van der Waals surface area contributed by atoms with Gasteiger partial charge in [-0.15, -0.1) is 0 Å². The van der Waals surface area contributed by atoms with Crippen molar-refractivity contribution < 1.29 is 33.0 Å². The van der Waals surface area contributed by atoms with E-state index in [9.17, 15) is 14.4 Å². The number of methoxy groups -OCH3 is 2. The van der Waals surface area contributed by atoms with Crippen LogP contribution in [0.5, 0.6) is 11.5 Å². The van der Waals surface area contributed by atoms with E-state index in [2.05, 4.69) is 5.32 Å². The van der Waals surface area contributed by atoms with Crippen LogP contribution in [0.2, 0.25) is 0 Å². The number of benzene rings is 2. The summed E-state index contributed by atoms with van der Waals surface area (Å²) >= 11 is 0. The van der Waals surface area contributed by atoms with Gasteiger partial charge in [0.2, 0.25) is 0 Å². The van der Waals surface area contributed by atoms with Crippen molar-refractivity contribution in [3.63, 3.8) is 0 Å². The number of nitrogens with one attached hydrogen (secondary N) is 1. The third-order valence-corrected chi connectivity index (χ3v) is 5.52. The third kappa shape index (κ3) is 5.03. The zero-order valence-electron chi connectivity index (χ0n) is 18.8. The van der Waals surface area contributed by atoms with E-state index in [0.717, 1.165) is 11.1 Å². The molecule has 0 fully saturated rings. The first-order chi connectivity index (χ1) is 16.5. The Kier molecular flexibility index (Phi) is 6.82. The number of hydrogen-bond acceptors (Lipinski definition) is 7. The van der Waals surface area contributed by atoms with Crippen LogP contribution in [0.15, 0.2) is 59.2 Å². The van der Waals surface area contributed by atoms with Gasteiger partial charge in [-0.3, -0.25) is 9.59 Å². The molecule has 0 atom stereocenters. The second-order valence-corrected chi connectivity index (χ2v) is 7.63. The quantitative estimate of drug-likeness (QED) is 0.535. The minimum absolute atomic E-state index is 0.180. The number of carbonyl (C=O) groups is 3. The van der Waals surface area contributed by atoms with Crippen LogP contribution in [-0.4, -0.2) is 50.1 Å². The lowest BCUT2D eigenvalue weighted by Crippen LogP contribution is -2.38. The summed E-state index contributed by atoms with van der Waals surface area (Å²) in [6.07, 6.45) is 2.08. The van der Waals surface area contributed by atoms with Crippen molar-refractivity contribution in [2.45, 2.75) is 13.0 Å². The van der Waals surface area contributed by atoms with Gasteiger partial charge < -0.3 is 28.8 Å². The third-order valence-electron chi connectivity index (χ3n) is 5.52. The average Bonchev–Trinajstić information content (AvgIpc) is 3.41. The van der Waals surface area contributed by atoms with Crippen LogP contribution in [-0.2, 0) is 22.5 Å². The van der Waals surface area contributed by atoms with Crippen molar-refractivity contribution in [3.05, 3.63) is 77.2 Å². The molecule has 34 heavy (non-hydrogen) atoms. The first-order valence-corrected chi connectivity index (χ1v) is 10.6. The van der Waals surface area contributed by atoms with Crippen LogP contribution in [0.1, 0.15) is 32.0 Å². The molecule has 0 saturated heterocycles. The van der Waals surface area contributed by atoms with E-state index in [1.807, 2.05) is 12.1 Å². The summed E-state index contributed by atoms with van der Waals surface area (Å²) in [5.74, 6) is 0.134. The van der Waals surface area contributed by atoms with Gasteiger partial charge in [-0.2, -0.15) is 0 Å². The van der Waals surface area contributed by atoms with E-state index in [-0.39, 0.29) is 23.8 Å². The molecule has 176 valence electrons. The number of nitrogens with zero attached hydrogens (tertiary/aromatic N) is 1. The van der Waals surface area contributed by atoms with Crippen molar-refractivity contribution in [3.8, 4) is 11.5 Å². The Balaban J connectivity index is 1.31. The Labute approximate surface area is 196 Å². The number of esters is 1. The van der Waals surface area contributed by atoms with Gasteiger partial charge >= 0.3 is 5.97 Å². The summed E-state index contributed by atoms with van der Waals surface area (Å²) < 4.78 is 20.9. The summed E-state index contributed by atoms with van der Waals surface area (Å²) in [6.45, 7) is 0.553. The molecule has 2 aromatic carbocycles. The lowest BCUT2D eigenvalue weighted by molar-refractivity contribution is -0.135. The zero-order chi connectivity index (χ0) is 24.1. The van der Waals surface area contributed by atoms with Crippen molar-refractivity contribution >= 4 is 23.5 Å². The summed E-state index contributed by atoms with van der Waals surface area (Å²) in [4.78, 5) is 38.7. The molecular weight excluding hydrogens is 440 g/mol. The summed E-state index contributed by atoms with van der Waals surface area (Å²) in [5.41, 5.74) is 2.83. The fourth-order valence-corrected chi connectivity index (χ4v) is 3.69. The van der Waals surface area contributed by atoms with E-state index in [1.54, 1.807) is 43.4 Å². The highest BCUT2D eigenvalue weighted by Crippen LogP contribution is 2.33. The second-order valence-electron chi connectivity index (χ2n) is 7.63. The van der Waals surface area contributed by atoms with Gasteiger partial charge in [-0.25, -0.2) is 4.79 Å². The van der Waals surface area contributed by atoms with Crippen molar-refractivity contribution in [2.24, 2.45) is 0 Å². The number of anilines is 1. The zero-order valence-corrected chi connectivity index (χ0v) is 18.8. The van der Waals surface area contributed by atoms with Crippen LogP contribution in [0, 0.1) is 0 Å². The molecule has 1 N–H and O–H groups in total. The Morgan fingerprint density at radius 3 is 2.35 bits per heavy atom. The van der Waals surface area contributed by atoms with Gasteiger partial charge in [-0.1, -0.05) is 0 Å². The number of furan rings is 1. The Bertz CT molecular complexity index is 1190. The van der Waals surface area contributed by atoms with Crippen LogP contribution in [0.4, 0.5) is 5.69 Å². The predicted molar refractivity (Wildman–Crippen MR) is 122 cm³/mol. The molecule has 0 aliphatic carbocycles. The minimum Gasteiger partial charge on any atom is -0.493 e. The standard InChI is InChI=1S/C25H24N2O7/c1-31-21-12-17-9-10-27(14-18(17)13-22(21)32-2)23(28)15-34-25(30)16-5-7-19(8-6-16)26-24(29)20-4-3-11-33-20/h3-8,11-13H,9-10,14-15H2,1-2H3,(H,26,29). The van der Waals surface area contributed by atoms with Crippen LogP contribution in [0.25, 0.3) is 0 Å². The van der Waals surface area contributed by atoms with Gasteiger partial charge in [0.05, 0.1) is 26.0 Å². The number of amides is 2. The molecule has 3 aromatic rings. The SMILES string of the molecule is COc1cc2c(cc1OC)CN(C(=O)COC(=O)c1ccc(NC(=O)c3ccco3)cc1)CC2. The lowest BCUT2D eigenvalue weighted by Gasteiger charge is -2.29. The summed E-state index contributed by atoms with van der Waals surface area (Å²) in [5, 5.41) is 2.66. The van der Waals surface area contributed by atoms with Crippen molar-refractivity contribution in [2.75, 3.05) is 32.7 Å². The highest BCUT2D eigenvalue weighted by molar-refractivity contribution is 6.02. The smallest absolute Gasteiger partial charge is 0.338 e. The molecular formula is C25H24N2O7. The lowest BCUT2D eigenvalue weighted by atomic mass is 9.99. The van der Waals surface area contributed by atoms with E-state index in [1.165, 1.54) is 18.4 Å². The number of hydrogen-bond donors (Lipinski definition) is 1. The van der Waals surface area contributed by atoms with Crippen molar-refractivity contribution in [1.82, 2.24) is 4.90 Å². The molecule has 0 unspecified atom stereocenters. The molecule has 0 bridgehead atoms. The Morgan fingerprint density at radius 2 is 1.71 bits per heavy atom. The van der Waals surface area contributed by atoms with E-state index >= 15 is 0 Å². The highest BCUT2D eigenvalue weighted by Gasteiger charge is 2.24.